The van der Waals surface area contributed by atoms with Crippen LogP contribution in [0.1, 0.15) is 13.8 Å². The van der Waals surface area contributed by atoms with Crippen LogP contribution >= 0.6 is 23.2 Å². The van der Waals surface area contributed by atoms with Crippen LogP contribution in [0, 0.1) is 0 Å². The SMILES string of the molecule is CCNCC.NC(=O)CCl.NC(=O)CCl. The van der Waals surface area contributed by atoms with Gasteiger partial charge in [0.1, 0.15) is 11.8 Å². The average molecular weight is 260 g/mol. The second kappa shape index (κ2) is 19.1. The quantitative estimate of drug-likeness (QED) is 0.622. The summed E-state index contributed by atoms with van der Waals surface area (Å²) in [6.45, 7) is 6.39. The number of nitrogens with one attached hydrogen (secondary N) is 1. The van der Waals surface area contributed by atoms with Crippen LogP contribution in [-0.4, -0.2) is 36.7 Å². The van der Waals surface area contributed by atoms with Crippen LogP contribution in [0.3, 0.4) is 0 Å². The molecule has 0 heterocycles. The predicted molar refractivity (Wildman–Crippen MR) is 64.0 cm³/mol. The van der Waals surface area contributed by atoms with Crippen molar-refractivity contribution in [1.82, 2.24) is 5.32 Å². The van der Waals surface area contributed by atoms with Gasteiger partial charge in [0.25, 0.3) is 0 Å². The third kappa shape index (κ3) is 59.2. The lowest BCUT2D eigenvalue weighted by Crippen LogP contribution is -2.10. The average Bonchev–Trinajstić information content (AvgIpc) is 2.20. The Balaban J connectivity index is -0.000000144. The molecule has 92 valence electrons. The summed E-state index contributed by atoms with van der Waals surface area (Å²) in [5, 5.41) is 3.11. The number of carbonyl (C=O) groups excluding carboxylic acids is 2. The Morgan fingerprint density at radius 3 is 1.20 bits per heavy atom. The molecule has 0 aliphatic carbocycles. The van der Waals surface area contributed by atoms with E-state index in [4.69, 9.17) is 23.2 Å². The molecule has 0 aromatic carbocycles. The predicted octanol–water partition coefficient (Wildman–Crippen LogP) is 0.0368. The van der Waals surface area contributed by atoms with Crippen LogP contribution in [0.5, 0.6) is 0 Å². The highest BCUT2D eigenvalue weighted by Gasteiger charge is 1.80. The zero-order valence-corrected chi connectivity index (χ0v) is 10.6. The fraction of sp³-hybridized carbons (Fsp3) is 0.750. The van der Waals surface area contributed by atoms with Gasteiger partial charge in [-0.2, -0.15) is 0 Å². The van der Waals surface area contributed by atoms with E-state index in [0.29, 0.717) is 0 Å². The number of hydrogen-bond acceptors (Lipinski definition) is 3. The monoisotopic (exact) mass is 259 g/mol. The molecular formula is C8H19Cl2N3O2. The lowest BCUT2D eigenvalue weighted by atomic mass is 10.7. The lowest BCUT2D eigenvalue weighted by Gasteiger charge is -1.86. The van der Waals surface area contributed by atoms with E-state index in [9.17, 15) is 9.59 Å². The molecule has 5 nitrogen and oxygen atoms in total. The molecule has 0 rings (SSSR count). The van der Waals surface area contributed by atoms with Crippen LogP contribution < -0.4 is 16.8 Å². The molecular weight excluding hydrogens is 241 g/mol. The van der Waals surface area contributed by atoms with Gasteiger partial charge in [0.05, 0.1) is 0 Å². The van der Waals surface area contributed by atoms with E-state index in [-0.39, 0.29) is 11.8 Å². The Morgan fingerprint density at radius 2 is 1.20 bits per heavy atom. The molecule has 7 heteroatoms. The zero-order valence-electron chi connectivity index (χ0n) is 9.06. The summed E-state index contributed by atoms with van der Waals surface area (Å²) >= 11 is 9.72. The standard InChI is InChI=1S/C4H11N.2C2H4ClNO/c1-3-5-4-2;2*3-1-2(4)5/h5H,3-4H2,1-2H3;2*1H2,(H2,4,5). The summed E-state index contributed by atoms with van der Waals surface area (Å²) in [4.78, 5) is 18.9. The summed E-state index contributed by atoms with van der Waals surface area (Å²) in [5.41, 5.74) is 9.04. The Kier molecular flexibility index (Phi) is 25.4. The van der Waals surface area contributed by atoms with Gasteiger partial charge in [-0.3, -0.25) is 9.59 Å². The number of hydrogen-bond donors (Lipinski definition) is 3. The minimum atomic E-state index is -0.480. The first-order valence-electron chi connectivity index (χ1n) is 4.35. The van der Waals surface area contributed by atoms with E-state index >= 15 is 0 Å². The molecule has 0 aromatic rings. The number of amides is 2. The van der Waals surface area contributed by atoms with Gasteiger partial charge in [-0.05, 0) is 13.1 Å². The molecule has 0 saturated heterocycles. The number of alkyl halides is 2. The lowest BCUT2D eigenvalue weighted by molar-refractivity contribution is -0.116. The van der Waals surface area contributed by atoms with Gasteiger partial charge >= 0.3 is 0 Å². The third-order valence-electron chi connectivity index (χ3n) is 0.763. The largest absolute Gasteiger partial charge is 0.369 e. The summed E-state index contributed by atoms with van der Waals surface area (Å²) < 4.78 is 0. The van der Waals surface area contributed by atoms with Gasteiger partial charge in [-0.25, -0.2) is 0 Å². The van der Waals surface area contributed by atoms with Crippen molar-refractivity contribution in [2.24, 2.45) is 11.5 Å². The molecule has 0 radical (unpaired) electrons. The van der Waals surface area contributed by atoms with Crippen molar-refractivity contribution in [2.75, 3.05) is 24.8 Å². The maximum Gasteiger partial charge on any atom is 0.232 e. The minimum Gasteiger partial charge on any atom is -0.369 e. The van der Waals surface area contributed by atoms with Gasteiger partial charge in [0.15, 0.2) is 0 Å². The van der Waals surface area contributed by atoms with Crippen molar-refractivity contribution in [2.45, 2.75) is 13.8 Å². The molecule has 0 aliphatic rings. The van der Waals surface area contributed by atoms with E-state index in [1.54, 1.807) is 0 Å². The first-order valence-corrected chi connectivity index (χ1v) is 5.42. The van der Waals surface area contributed by atoms with Crippen molar-refractivity contribution < 1.29 is 9.59 Å². The fourth-order valence-electron chi connectivity index (χ4n) is 0.250. The highest BCUT2D eigenvalue weighted by Crippen LogP contribution is 1.65. The molecule has 2 amide bonds. The summed E-state index contributed by atoms with van der Waals surface area (Å²) in [6.07, 6.45) is 0. The van der Waals surface area contributed by atoms with Crippen molar-refractivity contribution in [3.05, 3.63) is 0 Å². The molecule has 0 fully saturated rings. The second-order valence-corrected chi connectivity index (χ2v) is 2.69. The Labute approximate surface area is 100 Å². The van der Waals surface area contributed by atoms with Crippen LogP contribution in [0.4, 0.5) is 0 Å². The van der Waals surface area contributed by atoms with E-state index in [0.717, 1.165) is 13.1 Å². The normalized spacial score (nSPS) is 7.73. The van der Waals surface area contributed by atoms with Gasteiger partial charge in [-0.1, -0.05) is 13.8 Å². The number of carbonyl (C=O) groups is 2. The summed E-state index contributed by atoms with van der Waals surface area (Å²) in [6, 6.07) is 0. The van der Waals surface area contributed by atoms with E-state index < -0.39 is 11.8 Å². The summed E-state index contributed by atoms with van der Waals surface area (Å²) in [7, 11) is 0. The van der Waals surface area contributed by atoms with Gasteiger partial charge in [0.2, 0.25) is 11.8 Å². The maximum absolute atomic E-state index is 9.46. The number of rotatable bonds is 4. The van der Waals surface area contributed by atoms with Crippen molar-refractivity contribution in [3.8, 4) is 0 Å². The molecule has 0 spiro atoms. The van der Waals surface area contributed by atoms with E-state index in [2.05, 4.69) is 30.6 Å². The molecule has 15 heavy (non-hydrogen) atoms. The van der Waals surface area contributed by atoms with Crippen LogP contribution in [0.2, 0.25) is 0 Å². The van der Waals surface area contributed by atoms with Crippen molar-refractivity contribution in [3.63, 3.8) is 0 Å². The first-order chi connectivity index (χ1) is 6.95. The third-order valence-corrected chi connectivity index (χ3v) is 1.29. The second-order valence-electron chi connectivity index (χ2n) is 2.16. The molecule has 0 bridgehead atoms. The van der Waals surface area contributed by atoms with Crippen LogP contribution in [0.25, 0.3) is 0 Å². The molecule has 0 aromatic heterocycles. The molecule has 0 atom stereocenters. The van der Waals surface area contributed by atoms with Gasteiger partial charge in [0, 0.05) is 0 Å². The summed E-state index contributed by atoms with van der Waals surface area (Å²) in [5.74, 6) is -1.13. The molecule has 0 aliphatic heterocycles. The topological polar surface area (TPSA) is 98.2 Å². The number of nitrogens with two attached hydrogens (primary N) is 2. The smallest absolute Gasteiger partial charge is 0.232 e. The fourth-order valence-corrected chi connectivity index (χ4v) is 0.250. The Morgan fingerprint density at radius 1 is 1.00 bits per heavy atom. The van der Waals surface area contributed by atoms with E-state index in [1.165, 1.54) is 0 Å². The van der Waals surface area contributed by atoms with E-state index in [1.807, 2.05) is 0 Å². The highest BCUT2D eigenvalue weighted by molar-refractivity contribution is 6.27. The van der Waals surface area contributed by atoms with Crippen LogP contribution in [-0.2, 0) is 9.59 Å². The number of primary amides is 2. The van der Waals surface area contributed by atoms with Gasteiger partial charge < -0.3 is 16.8 Å². The minimum absolute atomic E-state index is 0.0833. The Bertz CT molecular complexity index is 141. The maximum atomic E-state index is 9.46. The van der Waals surface area contributed by atoms with Crippen LogP contribution in [0.15, 0.2) is 0 Å². The van der Waals surface area contributed by atoms with Gasteiger partial charge in [-0.15, -0.1) is 23.2 Å². The Hall–Kier alpha value is -0.520. The highest BCUT2D eigenvalue weighted by atomic mass is 35.5. The molecule has 0 unspecified atom stereocenters. The molecule has 0 saturated carbocycles. The van der Waals surface area contributed by atoms with Crippen molar-refractivity contribution >= 4 is 35.0 Å². The van der Waals surface area contributed by atoms with Crippen molar-refractivity contribution in [1.29, 1.82) is 0 Å². The number of halogens is 2. The molecule has 5 N–H and O–H groups in total. The first kappa shape index (κ1) is 20.0. The zero-order chi connectivity index (χ0) is 12.7.